The number of aryl methyl sites for hydroxylation is 1. The molecule has 3 heterocycles. The Bertz CT molecular complexity index is 1030. The number of carbonyl (C=O) groups is 1. The molecule has 7 rings (SSSR count). The number of pyridine rings is 1. The highest BCUT2D eigenvalue weighted by Gasteiger charge is 2.50. The molecule has 4 bridgehead atoms. The quantitative estimate of drug-likeness (QED) is 0.701. The Labute approximate surface area is 186 Å². The zero-order valence-electron chi connectivity index (χ0n) is 17.9. The molecule has 0 spiro atoms. The zero-order valence-corrected chi connectivity index (χ0v) is 18.7. The van der Waals surface area contributed by atoms with E-state index < -0.39 is 0 Å². The lowest BCUT2D eigenvalue weighted by Gasteiger charge is -2.53. The molecule has 5 aliphatic rings. The number of ether oxygens (including phenoxy) is 1. The number of thiazole rings is 1. The summed E-state index contributed by atoms with van der Waals surface area (Å²) < 4.78 is 7.75. The second-order valence-electron chi connectivity index (χ2n) is 10.1. The number of aromatic nitrogens is 2. The molecule has 2 aromatic rings. The maximum Gasteiger partial charge on any atom is 0.410 e. The van der Waals surface area contributed by atoms with E-state index >= 15 is 0 Å². The third-order valence-corrected chi connectivity index (χ3v) is 9.02. The molecule has 0 N–H and O–H groups in total. The molecule has 6 nitrogen and oxygen atoms in total. The van der Waals surface area contributed by atoms with Gasteiger partial charge in [-0.3, -0.25) is 9.69 Å². The number of amides is 1. The van der Waals surface area contributed by atoms with Crippen molar-refractivity contribution in [3.63, 3.8) is 0 Å². The van der Waals surface area contributed by atoms with Crippen LogP contribution in [0.4, 0.5) is 4.79 Å². The molecule has 0 aromatic carbocycles. The largest absolute Gasteiger partial charge is 0.445 e. The Hall–Kier alpha value is -2.15. The third-order valence-electron chi connectivity index (χ3n) is 8.07. The Morgan fingerprint density at radius 1 is 1.16 bits per heavy atom. The van der Waals surface area contributed by atoms with Crippen molar-refractivity contribution >= 4 is 17.4 Å². The van der Waals surface area contributed by atoms with Crippen LogP contribution in [0.3, 0.4) is 0 Å². The van der Waals surface area contributed by atoms with Crippen LogP contribution >= 0.6 is 11.3 Å². The van der Waals surface area contributed by atoms with Crippen molar-refractivity contribution in [2.45, 2.75) is 57.1 Å². The summed E-state index contributed by atoms with van der Waals surface area (Å²) in [5.41, 5.74) is 1.58. The lowest BCUT2D eigenvalue weighted by Crippen LogP contribution is -2.51. The van der Waals surface area contributed by atoms with E-state index in [1.165, 1.54) is 32.1 Å². The molecule has 0 radical (unpaired) electrons. The summed E-state index contributed by atoms with van der Waals surface area (Å²) in [7, 11) is 1.74. The Morgan fingerprint density at radius 2 is 1.90 bits per heavy atom. The van der Waals surface area contributed by atoms with Gasteiger partial charge in [0.05, 0.1) is 11.7 Å². The van der Waals surface area contributed by atoms with Gasteiger partial charge in [-0.15, -0.1) is 11.3 Å². The molecule has 1 aliphatic heterocycles. The van der Waals surface area contributed by atoms with E-state index in [1.54, 1.807) is 35.2 Å². The number of rotatable bonds is 3. The van der Waals surface area contributed by atoms with E-state index in [0.717, 1.165) is 47.5 Å². The summed E-state index contributed by atoms with van der Waals surface area (Å²) in [4.78, 5) is 31.9. The average molecular weight is 440 g/mol. The first-order chi connectivity index (χ1) is 15.0. The fourth-order valence-electron chi connectivity index (χ4n) is 6.77. The van der Waals surface area contributed by atoms with Crippen molar-refractivity contribution in [2.24, 2.45) is 30.7 Å². The molecule has 5 fully saturated rings. The SMILES string of the molecule is Cn1ccc(-c2csc(C3CCCN3C(=O)OC3C4CC5CC(C4)CC3C5)n2)cc1=O. The second-order valence-corrected chi connectivity index (χ2v) is 11.0. The van der Waals surface area contributed by atoms with Crippen LogP contribution in [-0.4, -0.2) is 33.2 Å². The Kier molecular flexibility index (Phi) is 4.70. The number of hydrogen-bond acceptors (Lipinski definition) is 5. The van der Waals surface area contributed by atoms with Gasteiger partial charge in [0.25, 0.3) is 5.56 Å². The molecular weight excluding hydrogens is 410 g/mol. The number of nitrogens with zero attached hydrogens (tertiary/aromatic N) is 3. The van der Waals surface area contributed by atoms with E-state index in [0.29, 0.717) is 11.8 Å². The molecule has 7 heteroatoms. The second kappa shape index (κ2) is 7.47. The summed E-state index contributed by atoms with van der Waals surface area (Å²) in [6, 6.07) is 3.51. The molecule has 1 amide bonds. The topological polar surface area (TPSA) is 64.4 Å². The molecular formula is C24H29N3O3S. The normalized spacial score (nSPS) is 33.8. The van der Waals surface area contributed by atoms with Crippen molar-refractivity contribution in [3.05, 3.63) is 39.1 Å². The minimum atomic E-state index is -0.148. The van der Waals surface area contributed by atoms with Crippen LogP contribution in [0.2, 0.25) is 0 Å². The van der Waals surface area contributed by atoms with Crippen molar-refractivity contribution < 1.29 is 9.53 Å². The van der Waals surface area contributed by atoms with Crippen LogP contribution < -0.4 is 5.56 Å². The fraction of sp³-hybridized carbons (Fsp3) is 0.625. The van der Waals surface area contributed by atoms with Crippen LogP contribution in [0.5, 0.6) is 0 Å². The molecule has 4 aliphatic carbocycles. The minimum Gasteiger partial charge on any atom is -0.445 e. The van der Waals surface area contributed by atoms with Gasteiger partial charge in [0, 0.05) is 36.8 Å². The van der Waals surface area contributed by atoms with Gasteiger partial charge in [0.1, 0.15) is 11.1 Å². The van der Waals surface area contributed by atoms with E-state index in [-0.39, 0.29) is 23.8 Å². The molecule has 4 saturated carbocycles. The number of likely N-dealkylation sites (tertiary alicyclic amines) is 1. The van der Waals surface area contributed by atoms with Crippen LogP contribution in [0.1, 0.15) is 56.0 Å². The van der Waals surface area contributed by atoms with Gasteiger partial charge in [-0.1, -0.05) is 0 Å². The van der Waals surface area contributed by atoms with Gasteiger partial charge in [0.2, 0.25) is 0 Å². The van der Waals surface area contributed by atoms with Crippen LogP contribution in [-0.2, 0) is 11.8 Å². The van der Waals surface area contributed by atoms with E-state index in [1.807, 2.05) is 16.3 Å². The highest BCUT2D eigenvalue weighted by molar-refractivity contribution is 7.10. The monoisotopic (exact) mass is 439 g/mol. The van der Waals surface area contributed by atoms with Gasteiger partial charge in [-0.2, -0.15) is 0 Å². The smallest absolute Gasteiger partial charge is 0.410 e. The minimum absolute atomic E-state index is 0.0189. The molecule has 1 unspecified atom stereocenters. The Balaban J connectivity index is 1.18. The molecule has 164 valence electrons. The molecule has 1 atom stereocenters. The van der Waals surface area contributed by atoms with Crippen molar-refractivity contribution in [2.75, 3.05) is 6.54 Å². The van der Waals surface area contributed by atoms with Gasteiger partial charge in [-0.05, 0) is 74.7 Å². The highest BCUT2D eigenvalue weighted by atomic mass is 32.1. The maximum absolute atomic E-state index is 13.2. The lowest BCUT2D eigenvalue weighted by molar-refractivity contribution is -0.103. The summed E-state index contributed by atoms with van der Waals surface area (Å²) in [5, 5.41) is 2.93. The summed E-state index contributed by atoms with van der Waals surface area (Å²) in [5.74, 6) is 2.91. The van der Waals surface area contributed by atoms with Crippen LogP contribution in [0.15, 0.2) is 28.5 Å². The number of hydrogen-bond donors (Lipinski definition) is 0. The summed E-state index contributed by atoms with van der Waals surface area (Å²) >= 11 is 1.57. The average Bonchev–Trinajstić information content (AvgIpc) is 3.41. The first kappa shape index (κ1) is 19.5. The van der Waals surface area contributed by atoms with E-state index in [2.05, 4.69) is 0 Å². The fourth-order valence-corrected chi connectivity index (χ4v) is 7.75. The molecule has 1 saturated heterocycles. The van der Waals surface area contributed by atoms with Crippen molar-refractivity contribution in [3.8, 4) is 11.3 Å². The predicted molar refractivity (Wildman–Crippen MR) is 119 cm³/mol. The Morgan fingerprint density at radius 3 is 2.61 bits per heavy atom. The lowest BCUT2D eigenvalue weighted by atomic mass is 9.55. The predicted octanol–water partition coefficient (Wildman–Crippen LogP) is 4.61. The first-order valence-corrected chi connectivity index (χ1v) is 12.5. The third kappa shape index (κ3) is 3.41. The van der Waals surface area contributed by atoms with Crippen LogP contribution in [0, 0.1) is 23.7 Å². The molecule has 2 aromatic heterocycles. The highest BCUT2D eigenvalue weighted by Crippen LogP contribution is 2.55. The molecule has 31 heavy (non-hydrogen) atoms. The van der Waals surface area contributed by atoms with Gasteiger partial charge in [-0.25, -0.2) is 9.78 Å². The van der Waals surface area contributed by atoms with Gasteiger partial charge >= 0.3 is 6.09 Å². The summed E-state index contributed by atoms with van der Waals surface area (Å²) in [6.45, 7) is 0.734. The van der Waals surface area contributed by atoms with Crippen molar-refractivity contribution in [1.29, 1.82) is 0 Å². The maximum atomic E-state index is 13.2. The standard InChI is InChI=1S/C24H29N3O3S/c1-26-6-4-16(12-21(26)28)19-13-31-23(25-19)20-3-2-5-27(20)24(29)30-22-17-8-14-7-15(10-17)11-18(22)9-14/h4,6,12-15,17-18,20,22H,2-3,5,7-11H2,1H3. The zero-order chi connectivity index (χ0) is 21.1. The number of carbonyl (C=O) groups excluding carboxylic acids is 1. The van der Waals surface area contributed by atoms with E-state index in [9.17, 15) is 9.59 Å². The van der Waals surface area contributed by atoms with Gasteiger partial charge in [0.15, 0.2) is 0 Å². The van der Waals surface area contributed by atoms with Crippen LogP contribution in [0.25, 0.3) is 11.3 Å². The summed E-state index contributed by atoms with van der Waals surface area (Å²) in [6.07, 6.45) is 10.0. The van der Waals surface area contributed by atoms with Gasteiger partial charge < -0.3 is 9.30 Å². The first-order valence-electron chi connectivity index (χ1n) is 11.6. The van der Waals surface area contributed by atoms with Crippen molar-refractivity contribution in [1.82, 2.24) is 14.5 Å². The van der Waals surface area contributed by atoms with E-state index in [4.69, 9.17) is 9.72 Å².